The zero-order valence-electron chi connectivity index (χ0n) is 7.75. The summed E-state index contributed by atoms with van der Waals surface area (Å²) in [4.78, 5) is 3.97. The second-order valence-electron chi connectivity index (χ2n) is 3.27. The van der Waals surface area contributed by atoms with Crippen molar-refractivity contribution in [2.24, 2.45) is 5.92 Å². The van der Waals surface area contributed by atoms with Crippen LogP contribution in [-0.4, -0.2) is 11.6 Å². The molecule has 0 aliphatic rings. The van der Waals surface area contributed by atoms with Crippen molar-refractivity contribution in [3.8, 4) is 5.88 Å². The van der Waals surface area contributed by atoms with Gasteiger partial charge < -0.3 is 10.5 Å². The van der Waals surface area contributed by atoms with Gasteiger partial charge in [-0.2, -0.15) is 0 Å². The van der Waals surface area contributed by atoms with Gasteiger partial charge in [-0.1, -0.05) is 25.4 Å². The number of nitrogens with two attached hydrogens (primary N) is 1. The molecular weight excluding hydrogens is 188 g/mol. The normalized spacial score (nSPS) is 10.5. The predicted octanol–water partition coefficient (Wildman–Crippen LogP) is 2.35. The van der Waals surface area contributed by atoms with Crippen LogP contribution in [0.1, 0.15) is 13.8 Å². The van der Waals surface area contributed by atoms with E-state index in [0.29, 0.717) is 29.2 Å². The van der Waals surface area contributed by atoms with Crippen LogP contribution in [0.2, 0.25) is 5.15 Å². The molecule has 0 saturated carbocycles. The standard InChI is InChI=1S/C9H13ClN2O/c1-6(2)5-13-9-4-7(11)3-8(10)12-9/h3-4,6H,5H2,1-2H3,(H2,11,12). The van der Waals surface area contributed by atoms with Crippen LogP contribution >= 0.6 is 11.6 Å². The number of hydrogen-bond acceptors (Lipinski definition) is 3. The average Bonchev–Trinajstić information content (AvgIpc) is 1.99. The Morgan fingerprint density at radius 2 is 2.23 bits per heavy atom. The fourth-order valence-electron chi connectivity index (χ4n) is 0.818. The van der Waals surface area contributed by atoms with E-state index in [-0.39, 0.29) is 0 Å². The Labute approximate surface area is 82.9 Å². The number of ether oxygens (including phenoxy) is 1. The Morgan fingerprint density at radius 1 is 1.54 bits per heavy atom. The summed E-state index contributed by atoms with van der Waals surface area (Å²) < 4.78 is 5.35. The summed E-state index contributed by atoms with van der Waals surface area (Å²) >= 11 is 5.69. The highest BCUT2D eigenvalue weighted by atomic mass is 35.5. The third-order valence-electron chi connectivity index (χ3n) is 1.36. The first-order chi connectivity index (χ1) is 6.08. The SMILES string of the molecule is CC(C)COc1cc(N)cc(Cl)n1. The molecule has 0 aliphatic heterocycles. The Hall–Kier alpha value is -0.960. The molecule has 0 amide bonds. The van der Waals surface area contributed by atoms with Crippen molar-refractivity contribution >= 4 is 17.3 Å². The topological polar surface area (TPSA) is 48.1 Å². The zero-order chi connectivity index (χ0) is 9.84. The van der Waals surface area contributed by atoms with E-state index >= 15 is 0 Å². The maximum absolute atomic E-state index is 5.69. The Kier molecular flexibility index (Phi) is 3.37. The number of aromatic nitrogens is 1. The molecule has 0 fully saturated rings. The molecule has 0 aliphatic carbocycles. The number of nitrogen functional groups attached to an aromatic ring is 1. The van der Waals surface area contributed by atoms with Gasteiger partial charge in [0.15, 0.2) is 0 Å². The number of hydrogen-bond donors (Lipinski definition) is 1. The first-order valence-electron chi connectivity index (χ1n) is 4.14. The van der Waals surface area contributed by atoms with E-state index in [9.17, 15) is 0 Å². The maximum Gasteiger partial charge on any atom is 0.216 e. The lowest BCUT2D eigenvalue weighted by molar-refractivity contribution is 0.261. The predicted molar refractivity (Wildman–Crippen MR) is 54.0 cm³/mol. The average molecular weight is 201 g/mol. The van der Waals surface area contributed by atoms with E-state index in [1.807, 2.05) is 0 Å². The Bertz CT molecular complexity index is 269. The van der Waals surface area contributed by atoms with E-state index in [4.69, 9.17) is 22.1 Å². The van der Waals surface area contributed by atoms with Crippen LogP contribution in [0.25, 0.3) is 0 Å². The fraction of sp³-hybridized carbons (Fsp3) is 0.444. The number of anilines is 1. The van der Waals surface area contributed by atoms with Gasteiger partial charge in [0.2, 0.25) is 5.88 Å². The molecule has 1 heterocycles. The van der Waals surface area contributed by atoms with Gasteiger partial charge in [-0.15, -0.1) is 0 Å². The van der Waals surface area contributed by atoms with Crippen LogP contribution in [0.4, 0.5) is 5.69 Å². The van der Waals surface area contributed by atoms with Crippen LogP contribution in [0, 0.1) is 5.92 Å². The van der Waals surface area contributed by atoms with Crippen LogP contribution < -0.4 is 10.5 Å². The molecule has 72 valence electrons. The van der Waals surface area contributed by atoms with Crippen molar-refractivity contribution in [3.05, 3.63) is 17.3 Å². The van der Waals surface area contributed by atoms with Crippen LogP contribution in [0.5, 0.6) is 5.88 Å². The Balaban J connectivity index is 2.66. The molecule has 3 nitrogen and oxygen atoms in total. The first-order valence-corrected chi connectivity index (χ1v) is 4.51. The molecule has 0 unspecified atom stereocenters. The number of nitrogens with zero attached hydrogens (tertiary/aromatic N) is 1. The summed E-state index contributed by atoms with van der Waals surface area (Å²) in [5.74, 6) is 0.945. The zero-order valence-corrected chi connectivity index (χ0v) is 8.51. The number of halogens is 1. The number of pyridine rings is 1. The maximum atomic E-state index is 5.69. The highest BCUT2D eigenvalue weighted by Gasteiger charge is 2.01. The lowest BCUT2D eigenvalue weighted by atomic mass is 10.2. The molecule has 1 rings (SSSR count). The second-order valence-corrected chi connectivity index (χ2v) is 3.65. The molecule has 13 heavy (non-hydrogen) atoms. The summed E-state index contributed by atoms with van der Waals surface area (Å²) in [7, 11) is 0. The summed E-state index contributed by atoms with van der Waals surface area (Å²) in [6, 6.07) is 3.25. The van der Waals surface area contributed by atoms with E-state index in [0.717, 1.165) is 0 Å². The molecule has 0 saturated heterocycles. The quantitative estimate of drug-likeness (QED) is 0.762. The van der Waals surface area contributed by atoms with Gasteiger partial charge in [-0.3, -0.25) is 0 Å². The van der Waals surface area contributed by atoms with E-state index in [2.05, 4.69) is 18.8 Å². The lowest BCUT2D eigenvalue weighted by Crippen LogP contribution is -2.06. The van der Waals surface area contributed by atoms with Crippen LogP contribution in [-0.2, 0) is 0 Å². The van der Waals surface area contributed by atoms with E-state index < -0.39 is 0 Å². The van der Waals surface area contributed by atoms with Crippen molar-refractivity contribution in [3.63, 3.8) is 0 Å². The minimum absolute atomic E-state index is 0.360. The molecule has 0 radical (unpaired) electrons. The number of rotatable bonds is 3. The summed E-state index contributed by atoms with van der Waals surface area (Å²) in [5.41, 5.74) is 6.13. The van der Waals surface area contributed by atoms with E-state index in [1.54, 1.807) is 12.1 Å². The highest BCUT2D eigenvalue weighted by molar-refractivity contribution is 6.29. The molecule has 0 aromatic carbocycles. The molecule has 1 aromatic heterocycles. The third-order valence-corrected chi connectivity index (χ3v) is 1.55. The smallest absolute Gasteiger partial charge is 0.216 e. The van der Waals surface area contributed by atoms with Crippen molar-refractivity contribution in [2.75, 3.05) is 12.3 Å². The minimum Gasteiger partial charge on any atom is -0.477 e. The molecule has 4 heteroatoms. The van der Waals surface area contributed by atoms with Gasteiger partial charge in [0.05, 0.1) is 6.61 Å². The van der Waals surface area contributed by atoms with Crippen molar-refractivity contribution in [1.29, 1.82) is 0 Å². The Morgan fingerprint density at radius 3 is 2.77 bits per heavy atom. The summed E-state index contributed by atoms with van der Waals surface area (Å²) in [5, 5.41) is 0.360. The lowest BCUT2D eigenvalue weighted by Gasteiger charge is -2.08. The van der Waals surface area contributed by atoms with E-state index in [1.165, 1.54) is 0 Å². The van der Waals surface area contributed by atoms with Gasteiger partial charge in [-0.25, -0.2) is 4.98 Å². The monoisotopic (exact) mass is 200 g/mol. The van der Waals surface area contributed by atoms with Crippen LogP contribution in [0.3, 0.4) is 0 Å². The van der Waals surface area contributed by atoms with Gasteiger partial charge in [-0.05, 0) is 12.0 Å². The van der Waals surface area contributed by atoms with Crippen molar-refractivity contribution in [1.82, 2.24) is 4.98 Å². The summed E-state index contributed by atoms with van der Waals surface area (Å²) in [6.45, 7) is 4.74. The van der Waals surface area contributed by atoms with Gasteiger partial charge in [0.25, 0.3) is 0 Å². The third kappa shape index (κ3) is 3.51. The van der Waals surface area contributed by atoms with Gasteiger partial charge in [0.1, 0.15) is 5.15 Å². The first kappa shape index (κ1) is 10.1. The molecule has 0 bridgehead atoms. The van der Waals surface area contributed by atoms with Crippen LogP contribution in [0.15, 0.2) is 12.1 Å². The molecule has 0 atom stereocenters. The molecule has 2 N–H and O–H groups in total. The summed E-state index contributed by atoms with van der Waals surface area (Å²) in [6.07, 6.45) is 0. The molecule has 0 spiro atoms. The highest BCUT2D eigenvalue weighted by Crippen LogP contribution is 2.17. The van der Waals surface area contributed by atoms with Crippen molar-refractivity contribution in [2.45, 2.75) is 13.8 Å². The molecular formula is C9H13ClN2O. The van der Waals surface area contributed by atoms with Gasteiger partial charge >= 0.3 is 0 Å². The second kappa shape index (κ2) is 4.33. The van der Waals surface area contributed by atoms with Gasteiger partial charge in [0, 0.05) is 11.8 Å². The molecule has 1 aromatic rings. The minimum atomic E-state index is 0.360. The van der Waals surface area contributed by atoms with Crippen molar-refractivity contribution < 1.29 is 4.74 Å². The fourth-order valence-corrected chi connectivity index (χ4v) is 1.03. The largest absolute Gasteiger partial charge is 0.477 e.